The summed E-state index contributed by atoms with van der Waals surface area (Å²) in [6.45, 7) is 0. The molecule has 1 N–H and O–H groups in total. The fraction of sp³-hybridized carbons (Fsp3) is 0. The van der Waals surface area contributed by atoms with E-state index in [4.69, 9.17) is 0 Å². The second-order valence-corrected chi connectivity index (χ2v) is 3.06. The van der Waals surface area contributed by atoms with Gasteiger partial charge in [0.2, 0.25) is 0 Å². The molecule has 0 saturated carbocycles. The summed E-state index contributed by atoms with van der Waals surface area (Å²) >= 11 is 3.72. The van der Waals surface area contributed by atoms with Gasteiger partial charge in [0.15, 0.2) is 6.33 Å². The van der Waals surface area contributed by atoms with E-state index in [-0.39, 0.29) is 0 Å². The maximum Gasteiger partial charge on any atom is 0.150 e. The van der Waals surface area contributed by atoms with Gasteiger partial charge in [-0.05, 0) is 35.4 Å². The van der Waals surface area contributed by atoms with Crippen LogP contribution in [0.1, 0.15) is 0 Å². The molecule has 0 aliphatic carbocycles. The minimum atomic E-state index is 1.03. The first-order valence-electron chi connectivity index (χ1n) is 4.16. The second-order valence-electron chi connectivity index (χ2n) is 2.65. The van der Waals surface area contributed by atoms with E-state index in [0.717, 1.165) is 11.0 Å². The normalized spacial score (nSPS) is 9.67. The van der Waals surface area contributed by atoms with Crippen LogP contribution in [0, 0.1) is 0 Å². The summed E-state index contributed by atoms with van der Waals surface area (Å²) in [5, 5.41) is 9.89. The topological polar surface area (TPSA) is 72.3 Å². The highest BCUT2D eigenvalue weighted by Crippen LogP contribution is 2.05. The Bertz CT molecular complexity index is 486. The molecule has 0 bridgehead atoms. The summed E-state index contributed by atoms with van der Waals surface area (Å²) < 4.78 is 1.22. The number of imidazole rings is 1. The third-order valence-corrected chi connectivity index (χ3v) is 1.85. The van der Waals surface area contributed by atoms with E-state index in [2.05, 4.69) is 38.3 Å². The van der Waals surface area contributed by atoms with Crippen LogP contribution in [0.4, 0.5) is 0 Å². The molecule has 2 aromatic heterocycles. The third-order valence-electron chi connectivity index (χ3n) is 1.67. The molecule has 0 spiro atoms. The number of H-pyrrole nitrogens is 1. The van der Waals surface area contributed by atoms with Crippen LogP contribution in [0.25, 0.3) is 11.0 Å². The summed E-state index contributed by atoms with van der Waals surface area (Å²) in [4.78, 5) is 7.07. The van der Waals surface area contributed by atoms with Gasteiger partial charge in [-0.25, -0.2) is 4.98 Å². The highest BCUT2D eigenvalue weighted by atomic mass is 32.1. The van der Waals surface area contributed by atoms with Gasteiger partial charge in [0.25, 0.3) is 0 Å². The molecule has 0 atom stereocenters. The lowest BCUT2D eigenvalue weighted by Gasteiger charge is -1.81. The van der Waals surface area contributed by atoms with Crippen molar-refractivity contribution in [3.63, 3.8) is 0 Å². The van der Waals surface area contributed by atoms with E-state index in [1.807, 2.05) is 24.3 Å². The highest BCUT2D eigenvalue weighted by Gasteiger charge is 1.88. The number of benzene rings is 1. The lowest BCUT2D eigenvalue weighted by molar-refractivity contribution is 0.857. The van der Waals surface area contributed by atoms with Gasteiger partial charge in [0.1, 0.15) is 0 Å². The quantitative estimate of drug-likeness (QED) is 0.553. The summed E-state index contributed by atoms with van der Waals surface area (Å²) in [6, 6.07) is 7.94. The third kappa shape index (κ3) is 2.53. The van der Waals surface area contributed by atoms with Crippen LogP contribution in [0.3, 0.4) is 0 Å². The number of tetrazole rings is 1. The molecule has 0 fully saturated rings. The molecule has 2 heterocycles. The fourth-order valence-electron chi connectivity index (χ4n) is 1.04. The number of rotatable bonds is 0. The first-order valence-corrected chi connectivity index (χ1v) is 4.56. The SMILES string of the molecule is Sn1cnnn1.c1ccc2[nH]cnc2c1. The van der Waals surface area contributed by atoms with Gasteiger partial charge < -0.3 is 4.98 Å². The molecule has 0 unspecified atom stereocenters. The van der Waals surface area contributed by atoms with Crippen molar-refractivity contribution in [3.05, 3.63) is 36.9 Å². The van der Waals surface area contributed by atoms with E-state index < -0.39 is 0 Å². The minimum Gasteiger partial charge on any atom is -0.345 e. The molecule has 0 aliphatic heterocycles. The fourth-order valence-corrected chi connectivity index (χ4v) is 1.12. The molecule has 0 aliphatic rings. The molecule has 1 aromatic carbocycles. The van der Waals surface area contributed by atoms with Crippen LogP contribution in [-0.4, -0.2) is 29.6 Å². The Balaban J connectivity index is 0.000000124. The first-order chi connectivity index (χ1) is 7.36. The Hall–Kier alpha value is -1.89. The van der Waals surface area contributed by atoms with E-state index >= 15 is 0 Å². The molecule has 3 aromatic rings. The van der Waals surface area contributed by atoms with E-state index in [1.54, 1.807) is 6.33 Å². The Morgan fingerprint density at radius 1 is 1.27 bits per heavy atom. The van der Waals surface area contributed by atoms with Gasteiger partial charge in [-0.1, -0.05) is 12.1 Å². The van der Waals surface area contributed by atoms with Crippen LogP contribution in [-0.2, 0) is 0 Å². The minimum absolute atomic E-state index is 1.03. The maximum absolute atomic E-state index is 4.06. The maximum atomic E-state index is 4.06. The van der Waals surface area contributed by atoms with Crippen molar-refractivity contribution in [2.24, 2.45) is 0 Å². The number of hydrogen-bond acceptors (Lipinski definition) is 5. The van der Waals surface area contributed by atoms with Crippen LogP contribution < -0.4 is 0 Å². The predicted molar refractivity (Wildman–Crippen MR) is 58.3 cm³/mol. The number of hydrogen-bond donors (Lipinski definition) is 2. The zero-order valence-electron chi connectivity index (χ0n) is 7.65. The van der Waals surface area contributed by atoms with Crippen molar-refractivity contribution in [3.8, 4) is 0 Å². The monoisotopic (exact) mass is 220 g/mol. The lowest BCUT2D eigenvalue weighted by Crippen LogP contribution is -1.77. The van der Waals surface area contributed by atoms with E-state index in [9.17, 15) is 0 Å². The largest absolute Gasteiger partial charge is 0.345 e. The molecule has 76 valence electrons. The predicted octanol–water partition coefficient (Wildman–Crippen LogP) is 0.929. The van der Waals surface area contributed by atoms with Crippen molar-refractivity contribution in [2.45, 2.75) is 0 Å². The number of nitrogens with zero attached hydrogens (tertiary/aromatic N) is 5. The zero-order valence-corrected chi connectivity index (χ0v) is 8.54. The van der Waals surface area contributed by atoms with Gasteiger partial charge in [0.05, 0.1) is 17.4 Å². The molecule has 0 amide bonds. The number of thiol groups is 1. The Morgan fingerprint density at radius 2 is 2.13 bits per heavy atom. The van der Waals surface area contributed by atoms with Crippen LogP contribution in [0.15, 0.2) is 36.9 Å². The Morgan fingerprint density at radius 3 is 2.73 bits per heavy atom. The summed E-state index contributed by atoms with van der Waals surface area (Å²) in [5.74, 6) is 0. The Kier molecular flexibility index (Phi) is 2.93. The van der Waals surface area contributed by atoms with Crippen molar-refractivity contribution in [1.82, 2.24) is 29.6 Å². The summed E-state index contributed by atoms with van der Waals surface area (Å²) in [6.07, 6.45) is 3.09. The van der Waals surface area contributed by atoms with Crippen LogP contribution >= 0.6 is 12.8 Å². The second kappa shape index (κ2) is 4.56. The smallest absolute Gasteiger partial charge is 0.150 e. The molecular formula is C8H8N6S. The van der Waals surface area contributed by atoms with E-state index in [1.165, 1.54) is 10.4 Å². The summed E-state index contributed by atoms with van der Waals surface area (Å²) in [5.41, 5.74) is 2.12. The van der Waals surface area contributed by atoms with Crippen molar-refractivity contribution >= 4 is 23.8 Å². The van der Waals surface area contributed by atoms with Crippen LogP contribution in [0.5, 0.6) is 0 Å². The molecule has 0 radical (unpaired) electrons. The number of aromatic nitrogens is 6. The van der Waals surface area contributed by atoms with Gasteiger partial charge >= 0.3 is 0 Å². The number of para-hydroxylation sites is 2. The number of aromatic amines is 1. The number of nitrogens with one attached hydrogen (secondary N) is 1. The summed E-state index contributed by atoms with van der Waals surface area (Å²) in [7, 11) is 0. The van der Waals surface area contributed by atoms with Gasteiger partial charge in [-0.2, -0.15) is 4.09 Å². The van der Waals surface area contributed by atoms with Crippen molar-refractivity contribution in [1.29, 1.82) is 0 Å². The van der Waals surface area contributed by atoms with Gasteiger partial charge in [-0.3, -0.25) is 0 Å². The molecule has 3 rings (SSSR count). The molecule has 0 saturated heterocycles. The highest BCUT2D eigenvalue weighted by molar-refractivity contribution is 7.78. The first kappa shape index (κ1) is 9.66. The average Bonchev–Trinajstić information content (AvgIpc) is 2.88. The number of fused-ring (bicyclic) bond motifs is 1. The van der Waals surface area contributed by atoms with Gasteiger partial charge in [0, 0.05) is 0 Å². The van der Waals surface area contributed by atoms with Gasteiger partial charge in [-0.15, -0.1) is 5.10 Å². The van der Waals surface area contributed by atoms with Crippen LogP contribution in [0.2, 0.25) is 0 Å². The molecule has 6 nitrogen and oxygen atoms in total. The Labute approximate surface area is 90.9 Å². The lowest BCUT2D eigenvalue weighted by atomic mass is 10.3. The molecule has 7 heteroatoms. The van der Waals surface area contributed by atoms with Crippen molar-refractivity contribution in [2.75, 3.05) is 0 Å². The van der Waals surface area contributed by atoms with E-state index in [0.29, 0.717) is 0 Å². The zero-order chi connectivity index (χ0) is 10.5. The average molecular weight is 220 g/mol. The molecular weight excluding hydrogens is 212 g/mol. The molecule has 15 heavy (non-hydrogen) atoms. The van der Waals surface area contributed by atoms with Crippen molar-refractivity contribution < 1.29 is 0 Å². The standard InChI is InChI=1S/C7H6N2.CH2N4S/c1-2-4-7-6(3-1)8-5-9-7;6-5-1-2-3-4-5/h1-5H,(H,8,9);1,6H.